The summed E-state index contributed by atoms with van der Waals surface area (Å²) >= 11 is 6.50. The summed E-state index contributed by atoms with van der Waals surface area (Å²) in [4.78, 5) is 23.8. The lowest BCUT2D eigenvalue weighted by atomic mass is 9.40. The zero-order valence-corrected chi connectivity index (χ0v) is 22.1. The van der Waals surface area contributed by atoms with Crippen LogP contribution in [0.3, 0.4) is 0 Å². The number of hydrogen-bond donors (Lipinski definition) is 3. The second-order valence-corrected chi connectivity index (χ2v) is 11.7. The van der Waals surface area contributed by atoms with E-state index in [4.69, 9.17) is 22.1 Å². The molecule has 6 rings (SSSR count). The first-order valence-corrected chi connectivity index (χ1v) is 13.4. The summed E-state index contributed by atoms with van der Waals surface area (Å²) in [5, 5.41) is 7.19. The highest BCUT2D eigenvalue weighted by atomic mass is 35.5. The fourth-order valence-corrected chi connectivity index (χ4v) is 6.76. The Kier molecular flexibility index (Phi) is 6.76. The highest BCUT2D eigenvalue weighted by Gasteiger charge is 2.64. The molecule has 2 aromatic rings. The van der Waals surface area contributed by atoms with Gasteiger partial charge >= 0.3 is 0 Å². The van der Waals surface area contributed by atoms with Gasteiger partial charge in [-0.2, -0.15) is 4.98 Å². The topological polar surface area (TPSA) is 105 Å². The Morgan fingerprint density at radius 2 is 1.92 bits per heavy atom. The SMILES string of the molecule is CC1(C)[C@@H]2C[C@H](C(N)=O)[C@](C)(Nc3nc(Nc4ccc(OCCN5CCCC5)cc4)ncc3Cl)[C@@H]1C2. The van der Waals surface area contributed by atoms with Gasteiger partial charge in [-0.25, -0.2) is 4.98 Å². The first-order valence-electron chi connectivity index (χ1n) is 13.0. The maximum atomic E-state index is 12.4. The van der Waals surface area contributed by atoms with E-state index in [2.05, 4.69) is 46.3 Å². The van der Waals surface area contributed by atoms with Crippen LogP contribution in [0.1, 0.15) is 46.5 Å². The smallest absolute Gasteiger partial charge is 0.229 e. The Hall–Kier alpha value is -2.58. The third kappa shape index (κ3) is 4.73. The van der Waals surface area contributed by atoms with Gasteiger partial charge in [0.25, 0.3) is 0 Å². The molecule has 1 saturated heterocycles. The Morgan fingerprint density at radius 1 is 1.19 bits per heavy atom. The predicted molar refractivity (Wildman–Crippen MR) is 143 cm³/mol. The number of nitrogens with one attached hydrogen (secondary N) is 2. The molecule has 8 nitrogen and oxygen atoms in total. The molecule has 0 spiro atoms. The average molecular weight is 513 g/mol. The molecule has 2 heterocycles. The Labute approximate surface area is 218 Å². The number of anilines is 3. The average Bonchev–Trinajstić information content (AvgIpc) is 3.35. The number of carbonyl (C=O) groups is 1. The van der Waals surface area contributed by atoms with E-state index in [9.17, 15) is 4.79 Å². The number of amides is 1. The largest absolute Gasteiger partial charge is 0.492 e. The van der Waals surface area contributed by atoms with Crippen molar-refractivity contribution < 1.29 is 9.53 Å². The number of fused-ring (bicyclic) bond motifs is 2. The van der Waals surface area contributed by atoms with E-state index >= 15 is 0 Å². The summed E-state index contributed by atoms with van der Waals surface area (Å²) < 4.78 is 5.90. The molecule has 0 unspecified atom stereocenters. The van der Waals surface area contributed by atoms with Crippen LogP contribution in [0.2, 0.25) is 5.02 Å². The first-order chi connectivity index (χ1) is 17.2. The molecule has 36 heavy (non-hydrogen) atoms. The van der Waals surface area contributed by atoms with E-state index in [0.29, 0.717) is 35.2 Å². The number of nitrogens with zero attached hydrogens (tertiary/aromatic N) is 3. The van der Waals surface area contributed by atoms with Gasteiger partial charge in [0.2, 0.25) is 11.9 Å². The van der Waals surface area contributed by atoms with Crippen molar-refractivity contribution in [2.75, 3.05) is 36.9 Å². The lowest BCUT2D eigenvalue weighted by Gasteiger charge is -2.66. The molecule has 1 aromatic heterocycles. The normalized spacial score (nSPS) is 28.8. The fraction of sp³-hybridized carbons (Fsp3) is 0.593. The summed E-state index contributed by atoms with van der Waals surface area (Å²) in [6, 6.07) is 7.77. The third-order valence-corrected chi connectivity index (χ3v) is 9.18. The maximum Gasteiger partial charge on any atom is 0.229 e. The van der Waals surface area contributed by atoms with Crippen LogP contribution in [0.5, 0.6) is 5.75 Å². The van der Waals surface area contributed by atoms with Gasteiger partial charge < -0.3 is 21.1 Å². The van der Waals surface area contributed by atoms with E-state index in [1.165, 1.54) is 25.9 Å². The minimum Gasteiger partial charge on any atom is -0.492 e. The molecule has 3 saturated carbocycles. The van der Waals surface area contributed by atoms with E-state index < -0.39 is 5.54 Å². The number of primary amides is 1. The van der Waals surface area contributed by atoms with Crippen LogP contribution in [0.25, 0.3) is 0 Å². The quantitative estimate of drug-likeness (QED) is 0.447. The van der Waals surface area contributed by atoms with Crippen LogP contribution in [-0.4, -0.2) is 52.6 Å². The number of rotatable bonds is 9. The highest BCUT2D eigenvalue weighted by molar-refractivity contribution is 6.32. The summed E-state index contributed by atoms with van der Waals surface area (Å²) in [7, 11) is 0. The maximum absolute atomic E-state index is 12.4. The van der Waals surface area contributed by atoms with Crippen molar-refractivity contribution in [2.45, 2.75) is 52.0 Å². The molecular formula is C27H37ClN6O2. The summed E-state index contributed by atoms with van der Waals surface area (Å²) in [5.74, 6) is 2.01. The molecule has 3 aliphatic carbocycles. The minimum atomic E-state index is -0.534. The molecule has 1 aromatic carbocycles. The van der Waals surface area contributed by atoms with E-state index in [0.717, 1.165) is 30.8 Å². The number of ether oxygens (including phenoxy) is 1. The van der Waals surface area contributed by atoms with Crippen molar-refractivity contribution >= 4 is 35.0 Å². The van der Waals surface area contributed by atoms with Gasteiger partial charge in [0.15, 0.2) is 5.82 Å². The number of carbonyl (C=O) groups excluding carboxylic acids is 1. The standard InChI is InChI=1S/C27H37ClN6O2/c1-26(2)17-14-20(23(29)35)27(3,22(26)15-17)33-24-21(28)16-30-25(32-24)31-18-6-8-19(9-7-18)36-13-12-34-10-4-5-11-34/h6-9,16-17,20,22H,4-5,10-15H2,1-3H3,(H2,29,35)(H2,30,31,32,33)/t17-,20-,22-,27+/m1/s1. The van der Waals surface area contributed by atoms with Crippen molar-refractivity contribution in [1.29, 1.82) is 0 Å². The van der Waals surface area contributed by atoms with Crippen molar-refractivity contribution in [3.05, 3.63) is 35.5 Å². The van der Waals surface area contributed by atoms with Gasteiger partial charge in [-0.05, 0) is 87.2 Å². The van der Waals surface area contributed by atoms with Crippen molar-refractivity contribution in [1.82, 2.24) is 14.9 Å². The third-order valence-electron chi connectivity index (χ3n) is 8.90. The van der Waals surface area contributed by atoms with Crippen LogP contribution in [0.15, 0.2) is 30.5 Å². The first kappa shape index (κ1) is 25.1. The Balaban J connectivity index is 1.26. The van der Waals surface area contributed by atoms with Gasteiger partial charge in [0.05, 0.1) is 17.7 Å². The monoisotopic (exact) mass is 512 g/mol. The van der Waals surface area contributed by atoms with Crippen molar-refractivity contribution in [2.24, 2.45) is 28.9 Å². The van der Waals surface area contributed by atoms with Crippen LogP contribution in [0, 0.1) is 23.2 Å². The Bertz CT molecular complexity index is 1100. The van der Waals surface area contributed by atoms with E-state index in [-0.39, 0.29) is 17.2 Å². The molecule has 4 N–H and O–H groups in total. The molecule has 2 bridgehead atoms. The second-order valence-electron chi connectivity index (χ2n) is 11.3. The van der Waals surface area contributed by atoms with Gasteiger partial charge in [-0.15, -0.1) is 0 Å². The predicted octanol–water partition coefficient (Wildman–Crippen LogP) is 4.69. The molecule has 4 aliphatic rings. The number of benzene rings is 1. The zero-order chi connectivity index (χ0) is 25.5. The van der Waals surface area contributed by atoms with Crippen molar-refractivity contribution in [3.63, 3.8) is 0 Å². The molecule has 9 heteroatoms. The molecule has 1 aliphatic heterocycles. The number of halogens is 1. The lowest BCUT2D eigenvalue weighted by molar-refractivity contribution is -0.153. The summed E-state index contributed by atoms with van der Waals surface area (Å²) in [6.45, 7) is 10.6. The van der Waals surface area contributed by atoms with Crippen LogP contribution in [-0.2, 0) is 4.79 Å². The minimum absolute atomic E-state index is 0.132. The summed E-state index contributed by atoms with van der Waals surface area (Å²) in [5.41, 5.74) is 6.28. The molecular weight excluding hydrogens is 476 g/mol. The number of likely N-dealkylation sites (tertiary alicyclic amines) is 1. The van der Waals surface area contributed by atoms with Crippen molar-refractivity contribution in [3.8, 4) is 5.75 Å². The van der Waals surface area contributed by atoms with Crippen LogP contribution >= 0.6 is 11.6 Å². The molecule has 4 fully saturated rings. The Morgan fingerprint density at radius 3 is 2.58 bits per heavy atom. The molecule has 0 radical (unpaired) electrons. The summed E-state index contributed by atoms with van der Waals surface area (Å²) in [6.07, 6.45) is 6.00. The molecule has 4 atom stereocenters. The number of aromatic nitrogens is 2. The van der Waals surface area contributed by atoms with Crippen LogP contribution in [0.4, 0.5) is 17.5 Å². The highest BCUT2D eigenvalue weighted by Crippen LogP contribution is 2.65. The van der Waals surface area contributed by atoms with Crippen LogP contribution < -0.4 is 21.1 Å². The number of hydrogen-bond acceptors (Lipinski definition) is 7. The van der Waals surface area contributed by atoms with E-state index in [1.54, 1.807) is 6.20 Å². The fourth-order valence-electron chi connectivity index (χ4n) is 6.62. The second kappa shape index (κ2) is 9.71. The van der Waals surface area contributed by atoms with E-state index in [1.807, 2.05) is 24.3 Å². The van der Waals surface area contributed by atoms with Gasteiger partial charge in [-0.1, -0.05) is 25.4 Å². The van der Waals surface area contributed by atoms with Gasteiger partial charge in [0.1, 0.15) is 17.4 Å². The van der Waals surface area contributed by atoms with Gasteiger partial charge in [0, 0.05) is 12.2 Å². The molecule has 1 amide bonds. The lowest BCUT2D eigenvalue weighted by Crippen LogP contribution is -2.69. The molecule has 194 valence electrons. The number of nitrogens with two attached hydrogens (primary N) is 1. The van der Waals surface area contributed by atoms with Gasteiger partial charge in [-0.3, -0.25) is 9.69 Å². The zero-order valence-electron chi connectivity index (χ0n) is 21.4.